The second-order valence-electron chi connectivity index (χ2n) is 5.51. The van der Waals surface area contributed by atoms with Gasteiger partial charge < -0.3 is 10.2 Å². The Balaban J connectivity index is 1.53. The molecule has 0 spiro atoms. The zero-order valence-electron chi connectivity index (χ0n) is 13.3. The van der Waals surface area contributed by atoms with E-state index in [4.69, 9.17) is 0 Å². The number of nitrogens with zero attached hydrogens (tertiary/aromatic N) is 4. The van der Waals surface area contributed by atoms with E-state index < -0.39 is 0 Å². The first-order valence-corrected chi connectivity index (χ1v) is 7.86. The summed E-state index contributed by atoms with van der Waals surface area (Å²) in [4.78, 5) is 0. The molecule has 0 aliphatic carbocycles. The predicted molar refractivity (Wildman–Crippen MR) is 94.5 cm³/mol. The highest BCUT2D eigenvalue weighted by Gasteiger charge is 2.13. The van der Waals surface area contributed by atoms with Gasteiger partial charge in [0.25, 0.3) is 0 Å². The van der Waals surface area contributed by atoms with Crippen LogP contribution in [0.15, 0.2) is 58.7 Å². The van der Waals surface area contributed by atoms with Crippen molar-refractivity contribution in [2.24, 2.45) is 10.2 Å². The molecular formula is C18H20N4O2. The van der Waals surface area contributed by atoms with Crippen LogP contribution in [0.3, 0.4) is 0 Å². The zero-order valence-corrected chi connectivity index (χ0v) is 13.3. The summed E-state index contributed by atoms with van der Waals surface area (Å²) in [5, 5.41) is 32.2. The fourth-order valence-electron chi connectivity index (χ4n) is 2.40. The van der Waals surface area contributed by atoms with Gasteiger partial charge in [-0.2, -0.15) is 10.2 Å². The van der Waals surface area contributed by atoms with Crippen molar-refractivity contribution in [3.05, 3.63) is 59.7 Å². The van der Waals surface area contributed by atoms with Gasteiger partial charge in [0.1, 0.15) is 11.5 Å². The molecule has 2 N–H and O–H groups in total. The molecule has 6 heteroatoms. The van der Waals surface area contributed by atoms with Gasteiger partial charge in [-0.1, -0.05) is 24.3 Å². The molecule has 1 aliphatic rings. The Labute approximate surface area is 141 Å². The van der Waals surface area contributed by atoms with Crippen molar-refractivity contribution in [2.45, 2.75) is 0 Å². The van der Waals surface area contributed by atoms with E-state index in [1.165, 1.54) is 0 Å². The van der Waals surface area contributed by atoms with Gasteiger partial charge in [-0.25, -0.2) is 0 Å². The number of hydrogen-bond acceptors (Lipinski definition) is 6. The third-order valence-corrected chi connectivity index (χ3v) is 3.83. The third-order valence-electron chi connectivity index (χ3n) is 3.83. The van der Waals surface area contributed by atoms with Crippen molar-refractivity contribution in [1.82, 2.24) is 10.0 Å². The van der Waals surface area contributed by atoms with Gasteiger partial charge in [0.15, 0.2) is 0 Å². The number of hydrazone groups is 2. The van der Waals surface area contributed by atoms with Crippen LogP contribution in [0, 0.1) is 0 Å². The molecule has 24 heavy (non-hydrogen) atoms. The van der Waals surface area contributed by atoms with Crippen LogP contribution in [-0.2, 0) is 0 Å². The van der Waals surface area contributed by atoms with Crippen LogP contribution >= 0.6 is 0 Å². The number of benzene rings is 2. The minimum atomic E-state index is 0.229. The van der Waals surface area contributed by atoms with Crippen molar-refractivity contribution in [1.29, 1.82) is 0 Å². The van der Waals surface area contributed by atoms with Crippen LogP contribution in [0.5, 0.6) is 11.5 Å². The SMILES string of the molecule is Oc1ccccc1/C=N/N1CCN(/N=C/c2ccccc2O)CC1. The summed E-state index contributed by atoms with van der Waals surface area (Å²) in [6.07, 6.45) is 3.35. The lowest BCUT2D eigenvalue weighted by molar-refractivity contribution is 0.141. The molecule has 1 heterocycles. The Morgan fingerprint density at radius 2 is 1.04 bits per heavy atom. The van der Waals surface area contributed by atoms with Gasteiger partial charge in [0.2, 0.25) is 0 Å². The van der Waals surface area contributed by atoms with Crippen LogP contribution in [0.25, 0.3) is 0 Å². The monoisotopic (exact) mass is 324 g/mol. The first-order chi connectivity index (χ1) is 11.7. The Kier molecular flexibility index (Phi) is 4.96. The summed E-state index contributed by atoms with van der Waals surface area (Å²) >= 11 is 0. The molecule has 6 nitrogen and oxygen atoms in total. The van der Waals surface area contributed by atoms with Gasteiger partial charge in [-0.05, 0) is 24.3 Å². The van der Waals surface area contributed by atoms with Crippen LogP contribution in [0.2, 0.25) is 0 Å². The van der Waals surface area contributed by atoms with Crippen molar-refractivity contribution >= 4 is 12.4 Å². The fraction of sp³-hybridized carbons (Fsp3) is 0.222. The number of aromatic hydroxyl groups is 2. The normalized spacial score (nSPS) is 15.5. The molecule has 2 aromatic carbocycles. The highest BCUT2D eigenvalue weighted by Crippen LogP contribution is 2.14. The Morgan fingerprint density at radius 1 is 0.667 bits per heavy atom. The minimum Gasteiger partial charge on any atom is -0.507 e. The van der Waals surface area contributed by atoms with Crippen molar-refractivity contribution in [3.8, 4) is 11.5 Å². The van der Waals surface area contributed by atoms with Gasteiger partial charge in [-0.15, -0.1) is 0 Å². The smallest absolute Gasteiger partial charge is 0.124 e. The maximum absolute atomic E-state index is 9.73. The summed E-state index contributed by atoms with van der Waals surface area (Å²) in [6, 6.07) is 14.2. The molecule has 0 bridgehead atoms. The number of para-hydroxylation sites is 2. The first-order valence-electron chi connectivity index (χ1n) is 7.86. The molecule has 0 unspecified atom stereocenters. The molecule has 1 saturated heterocycles. The predicted octanol–water partition coefficient (Wildman–Crippen LogP) is 2.08. The lowest BCUT2D eigenvalue weighted by Crippen LogP contribution is -2.41. The van der Waals surface area contributed by atoms with Crippen LogP contribution < -0.4 is 0 Å². The summed E-state index contributed by atoms with van der Waals surface area (Å²) in [6.45, 7) is 3.01. The van der Waals surface area contributed by atoms with E-state index in [2.05, 4.69) is 10.2 Å². The highest BCUT2D eigenvalue weighted by molar-refractivity contribution is 5.83. The maximum Gasteiger partial charge on any atom is 0.124 e. The van der Waals surface area contributed by atoms with Gasteiger partial charge in [-0.3, -0.25) is 10.0 Å². The molecular weight excluding hydrogens is 304 g/mol. The number of hydrogen-bond donors (Lipinski definition) is 2. The molecule has 3 rings (SSSR count). The number of piperazine rings is 1. The van der Waals surface area contributed by atoms with Gasteiger partial charge >= 0.3 is 0 Å². The molecule has 2 aromatic rings. The molecule has 1 fully saturated rings. The minimum absolute atomic E-state index is 0.229. The van der Waals surface area contributed by atoms with Crippen molar-refractivity contribution < 1.29 is 10.2 Å². The van der Waals surface area contributed by atoms with E-state index in [0.29, 0.717) is 11.1 Å². The molecule has 1 aliphatic heterocycles. The number of rotatable bonds is 4. The second kappa shape index (κ2) is 7.50. The largest absolute Gasteiger partial charge is 0.507 e. The Bertz CT molecular complexity index is 674. The second-order valence-corrected chi connectivity index (χ2v) is 5.51. The lowest BCUT2D eigenvalue weighted by Gasteiger charge is -2.31. The van der Waals surface area contributed by atoms with E-state index >= 15 is 0 Å². The summed E-state index contributed by atoms with van der Waals surface area (Å²) < 4.78 is 0. The van der Waals surface area contributed by atoms with Crippen LogP contribution in [0.1, 0.15) is 11.1 Å². The molecule has 0 saturated carbocycles. The Morgan fingerprint density at radius 3 is 1.42 bits per heavy atom. The van der Waals surface area contributed by atoms with E-state index in [0.717, 1.165) is 26.2 Å². The molecule has 124 valence electrons. The standard InChI is InChI=1S/C18H20N4O2/c23-17-7-3-1-5-15(17)13-19-21-9-11-22(12-10-21)20-14-16-6-2-4-8-18(16)24/h1-8,13-14,23-24H,9-12H2/b19-13+,20-14+. The van der Waals surface area contributed by atoms with Crippen molar-refractivity contribution in [2.75, 3.05) is 26.2 Å². The van der Waals surface area contributed by atoms with Gasteiger partial charge in [0.05, 0.1) is 38.6 Å². The van der Waals surface area contributed by atoms with E-state index in [1.54, 1.807) is 36.7 Å². The van der Waals surface area contributed by atoms with Gasteiger partial charge in [0, 0.05) is 11.1 Å². The van der Waals surface area contributed by atoms with E-state index in [9.17, 15) is 10.2 Å². The summed E-state index contributed by atoms with van der Waals surface area (Å²) in [7, 11) is 0. The average molecular weight is 324 g/mol. The fourth-order valence-corrected chi connectivity index (χ4v) is 2.40. The molecule has 0 amide bonds. The highest BCUT2D eigenvalue weighted by atomic mass is 16.3. The maximum atomic E-state index is 9.73. The average Bonchev–Trinajstić information content (AvgIpc) is 2.61. The summed E-state index contributed by atoms with van der Waals surface area (Å²) in [5.41, 5.74) is 1.41. The Hall–Kier alpha value is -3.02. The van der Waals surface area contributed by atoms with Crippen LogP contribution in [0.4, 0.5) is 0 Å². The zero-order chi connectivity index (χ0) is 16.8. The van der Waals surface area contributed by atoms with Crippen molar-refractivity contribution in [3.63, 3.8) is 0 Å². The molecule has 0 aromatic heterocycles. The van der Waals surface area contributed by atoms with E-state index in [-0.39, 0.29) is 11.5 Å². The third kappa shape index (κ3) is 4.04. The summed E-state index contributed by atoms with van der Waals surface area (Å²) in [5.74, 6) is 0.458. The van der Waals surface area contributed by atoms with E-state index in [1.807, 2.05) is 34.3 Å². The number of phenols is 2. The number of phenolic OH excluding ortho intramolecular Hbond substituents is 2. The molecule has 0 radical (unpaired) electrons. The quantitative estimate of drug-likeness (QED) is 0.845. The first kappa shape index (κ1) is 15.9. The molecule has 0 atom stereocenters. The topological polar surface area (TPSA) is 71.7 Å². The van der Waals surface area contributed by atoms with Crippen LogP contribution in [-0.4, -0.2) is 58.8 Å². The lowest BCUT2D eigenvalue weighted by atomic mass is 10.2.